The van der Waals surface area contributed by atoms with Crippen LogP contribution in [0.3, 0.4) is 0 Å². The van der Waals surface area contributed by atoms with E-state index in [9.17, 15) is 4.79 Å². The molecule has 4 aromatic rings. The van der Waals surface area contributed by atoms with Gasteiger partial charge in [0, 0.05) is 24.1 Å². The van der Waals surface area contributed by atoms with Crippen molar-refractivity contribution >= 4 is 22.4 Å². The van der Waals surface area contributed by atoms with Crippen LogP contribution in [0.25, 0.3) is 22.2 Å². The number of benzene rings is 3. The van der Waals surface area contributed by atoms with Gasteiger partial charge in [0.25, 0.3) is 0 Å². The van der Waals surface area contributed by atoms with Crippen LogP contribution in [0.4, 0.5) is 5.69 Å². The molecule has 0 unspecified atom stereocenters. The Kier molecular flexibility index (Phi) is 6.18. The number of hydrogen-bond donors (Lipinski definition) is 1. The Morgan fingerprint density at radius 3 is 2.60 bits per heavy atom. The van der Waals surface area contributed by atoms with Crippen LogP contribution in [0.2, 0.25) is 0 Å². The van der Waals surface area contributed by atoms with E-state index >= 15 is 0 Å². The average molecular weight is 399 g/mol. The van der Waals surface area contributed by atoms with Gasteiger partial charge in [-0.05, 0) is 41.3 Å². The first kappa shape index (κ1) is 19.8. The number of carbonyl (C=O) groups excluding carboxylic acids is 1. The van der Waals surface area contributed by atoms with Gasteiger partial charge in [0.1, 0.15) is 0 Å². The summed E-state index contributed by atoms with van der Waals surface area (Å²) in [4.78, 5) is 16.8. The molecule has 1 heterocycles. The van der Waals surface area contributed by atoms with E-state index in [0.29, 0.717) is 18.1 Å². The van der Waals surface area contributed by atoms with E-state index in [2.05, 4.69) is 46.6 Å². The Morgan fingerprint density at radius 2 is 1.77 bits per heavy atom. The molecule has 5 heteroatoms. The van der Waals surface area contributed by atoms with Crippen molar-refractivity contribution in [3.63, 3.8) is 0 Å². The van der Waals surface area contributed by atoms with Crippen molar-refractivity contribution in [1.29, 1.82) is 0 Å². The van der Waals surface area contributed by atoms with E-state index in [1.165, 1.54) is 18.4 Å². The number of carbonyl (C=O) groups is 1. The van der Waals surface area contributed by atoms with Gasteiger partial charge in [-0.25, -0.2) is 0 Å². The Bertz CT molecular complexity index is 1130. The van der Waals surface area contributed by atoms with Gasteiger partial charge >= 0.3 is 0 Å². The number of hydrogen-bond acceptors (Lipinski definition) is 4. The van der Waals surface area contributed by atoms with Crippen LogP contribution in [0, 0.1) is 0 Å². The van der Waals surface area contributed by atoms with E-state index < -0.39 is 0 Å². The van der Waals surface area contributed by atoms with Gasteiger partial charge in [-0.15, -0.1) is 0 Å². The molecule has 0 bridgehead atoms. The molecule has 30 heavy (non-hydrogen) atoms. The summed E-state index contributed by atoms with van der Waals surface area (Å²) < 4.78 is 5.38. The number of anilines is 1. The summed E-state index contributed by atoms with van der Waals surface area (Å²) in [7, 11) is 0. The number of nitrogens with zero attached hydrogens (tertiary/aromatic N) is 2. The first-order valence-corrected chi connectivity index (χ1v) is 10.4. The molecule has 0 aliphatic carbocycles. The highest BCUT2D eigenvalue weighted by Gasteiger charge is 2.13. The Hall–Kier alpha value is -3.47. The minimum atomic E-state index is -0.0683. The molecule has 1 N–H and O–H groups in total. The zero-order valence-electron chi connectivity index (χ0n) is 17.1. The van der Waals surface area contributed by atoms with Gasteiger partial charge in [0.05, 0.1) is 0 Å². The van der Waals surface area contributed by atoms with Gasteiger partial charge in [0.15, 0.2) is 0 Å². The second-order valence-corrected chi connectivity index (χ2v) is 7.39. The molecule has 5 nitrogen and oxygen atoms in total. The summed E-state index contributed by atoms with van der Waals surface area (Å²) >= 11 is 0. The SMILES string of the molecule is CCCCc1ccc(NC(=O)CCc2nc(-c3cccc4ccccc34)no2)cc1. The van der Waals surface area contributed by atoms with Crippen molar-refractivity contribution in [1.82, 2.24) is 10.1 Å². The number of amides is 1. The number of aryl methyl sites for hydroxylation is 2. The molecule has 0 fully saturated rings. The molecule has 0 radical (unpaired) electrons. The molecule has 1 amide bonds. The fourth-order valence-corrected chi connectivity index (χ4v) is 3.47. The summed E-state index contributed by atoms with van der Waals surface area (Å²) in [6.07, 6.45) is 4.11. The molecule has 0 saturated carbocycles. The summed E-state index contributed by atoms with van der Waals surface area (Å²) in [5, 5.41) is 9.25. The molecule has 0 spiro atoms. The summed E-state index contributed by atoms with van der Waals surface area (Å²) in [5.74, 6) is 0.939. The van der Waals surface area contributed by atoms with Gasteiger partial charge in [0.2, 0.25) is 17.6 Å². The minimum Gasteiger partial charge on any atom is -0.339 e. The zero-order valence-corrected chi connectivity index (χ0v) is 17.1. The van der Waals surface area contributed by atoms with Crippen molar-refractivity contribution in [2.24, 2.45) is 0 Å². The first-order chi connectivity index (χ1) is 14.7. The third-order valence-corrected chi connectivity index (χ3v) is 5.12. The van der Waals surface area contributed by atoms with Crippen LogP contribution in [-0.4, -0.2) is 16.0 Å². The van der Waals surface area contributed by atoms with Crippen molar-refractivity contribution in [3.8, 4) is 11.4 Å². The maximum atomic E-state index is 12.3. The second kappa shape index (κ2) is 9.35. The number of nitrogens with one attached hydrogen (secondary N) is 1. The third kappa shape index (κ3) is 4.74. The summed E-state index contributed by atoms with van der Waals surface area (Å²) in [5.41, 5.74) is 3.03. The van der Waals surface area contributed by atoms with Gasteiger partial charge in [-0.1, -0.05) is 73.1 Å². The molecule has 4 rings (SSSR count). The molecule has 3 aromatic carbocycles. The first-order valence-electron chi connectivity index (χ1n) is 10.4. The monoisotopic (exact) mass is 399 g/mol. The lowest BCUT2D eigenvalue weighted by atomic mass is 10.0. The summed E-state index contributed by atoms with van der Waals surface area (Å²) in [6, 6.07) is 22.2. The van der Waals surface area contributed by atoms with Crippen molar-refractivity contribution < 1.29 is 9.32 Å². The Morgan fingerprint density at radius 1 is 0.967 bits per heavy atom. The molecule has 0 aliphatic rings. The second-order valence-electron chi connectivity index (χ2n) is 7.39. The number of unbranched alkanes of at least 4 members (excludes halogenated alkanes) is 1. The maximum absolute atomic E-state index is 12.3. The lowest BCUT2D eigenvalue weighted by Crippen LogP contribution is -2.12. The normalized spacial score (nSPS) is 11.0. The highest BCUT2D eigenvalue weighted by molar-refractivity contribution is 5.95. The van der Waals surface area contributed by atoms with E-state index in [0.717, 1.165) is 28.4 Å². The minimum absolute atomic E-state index is 0.0683. The smallest absolute Gasteiger partial charge is 0.227 e. The quantitative estimate of drug-likeness (QED) is 0.406. The largest absolute Gasteiger partial charge is 0.339 e. The zero-order chi connectivity index (χ0) is 20.8. The Balaban J connectivity index is 1.35. The van der Waals surface area contributed by atoms with Crippen molar-refractivity contribution in [3.05, 3.63) is 78.2 Å². The van der Waals surface area contributed by atoms with Crippen LogP contribution in [-0.2, 0) is 17.6 Å². The van der Waals surface area contributed by atoms with Crippen LogP contribution < -0.4 is 5.32 Å². The summed E-state index contributed by atoms with van der Waals surface area (Å²) in [6.45, 7) is 2.18. The van der Waals surface area contributed by atoms with Crippen LogP contribution in [0.1, 0.15) is 37.6 Å². The Labute approximate surface area is 176 Å². The number of aromatic nitrogens is 2. The highest BCUT2D eigenvalue weighted by atomic mass is 16.5. The fourth-order valence-electron chi connectivity index (χ4n) is 3.47. The standard InChI is InChI=1S/C25H25N3O2/c1-2-3-7-18-12-14-20(15-13-18)26-23(29)16-17-24-27-25(28-30-24)22-11-6-9-19-8-4-5-10-21(19)22/h4-6,8-15H,2-3,7,16-17H2,1H3,(H,26,29). The van der Waals surface area contributed by atoms with Crippen LogP contribution in [0.5, 0.6) is 0 Å². The average Bonchev–Trinajstić information content (AvgIpc) is 3.26. The van der Waals surface area contributed by atoms with E-state index in [1.807, 2.05) is 42.5 Å². The topological polar surface area (TPSA) is 68.0 Å². The van der Waals surface area contributed by atoms with Crippen molar-refractivity contribution in [2.45, 2.75) is 39.0 Å². The lowest BCUT2D eigenvalue weighted by molar-refractivity contribution is -0.116. The van der Waals surface area contributed by atoms with E-state index in [1.54, 1.807) is 0 Å². The molecular formula is C25H25N3O2. The van der Waals surface area contributed by atoms with E-state index in [4.69, 9.17) is 4.52 Å². The van der Waals surface area contributed by atoms with Crippen molar-refractivity contribution in [2.75, 3.05) is 5.32 Å². The molecular weight excluding hydrogens is 374 g/mol. The van der Waals surface area contributed by atoms with Gasteiger partial charge in [-0.3, -0.25) is 4.79 Å². The lowest BCUT2D eigenvalue weighted by Gasteiger charge is -2.06. The highest BCUT2D eigenvalue weighted by Crippen LogP contribution is 2.26. The van der Waals surface area contributed by atoms with Crippen LogP contribution in [0.15, 0.2) is 71.3 Å². The van der Waals surface area contributed by atoms with E-state index in [-0.39, 0.29) is 12.3 Å². The third-order valence-electron chi connectivity index (χ3n) is 5.12. The number of fused-ring (bicyclic) bond motifs is 1. The predicted octanol–water partition coefficient (Wildman–Crippen LogP) is 5.80. The number of rotatable bonds is 8. The fraction of sp³-hybridized carbons (Fsp3) is 0.240. The molecule has 0 aliphatic heterocycles. The molecule has 0 saturated heterocycles. The predicted molar refractivity (Wildman–Crippen MR) is 119 cm³/mol. The molecule has 0 atom stereocenters. The van der Waals surface area contributed by atoms with Gasteiger partial charge in [-0.2, -0.15) is 4.98 Å². The molecule has 1 aromatic heterocycles. The van der Waals surface area contributed by atoms with Crippen LogP contribution >= 0.6 is 0 Å². The molecule has 152 valence electrons. The maximum Gasteiger partial charge on any atom is 0.227 e. The van der Waals surface area contributed by atoms with Gasteiger partial charge < -0.3 is 9.84 Å².